The molecule has 3 amide bonds. The summed E-state index contributed by atoms with van der Waals surface area (Å²) < 4.78 is 26.9. The van der Waals surface area contributed by atoms with Gasteiger partial charge in [0.05, 0.1) is 18.0 Å². The van der Waals surface area contributed by atoms with Crippen LogP contribution >= 0.6 is 11.8 Å². The van der Waals surface area contributed by atoms with Crippen LogP contribution in [0.15, 0.2) is 53.7 Å². The fourth-order valence-corrected chi connectivity index (χ4v) is 3.48. The molecule has 11 heteroatoms. The lowest BCUT2D eigenvalue weighted by atomic mass is 10.3. The van der Waals surface area contributed by atoms with Gasteiger partial charge in [-0.25, -0.2) is 9.18 Å². The van der Waals surface area contributed by atoms with E-state index in [1.165, 1.54) is 10.6 Å². The van der Waals surface area contributed by atoms with Gasteiger partial charge < -0.3 is 15.2 Å². The molecule has 0 aliphatic heterocycles. The van der Waals surface area contributed by atoms with Crippen molar-refractivity contribution in [3.8, 4) is 17.2 Å². The van der Waals surface area contributed by atoms with Gasteiger partial charge in [-0.05, 0) is 43.3 Å². The van der Waals surface area contributed by atoms with Gasteiger partial charge in [0.1, 0.15) is 23.9 Å². The number of hydrogen-bond acceptors (Lipinski definition) is 7. The number of halogens is 1. The monoisotopic (exact) mass is 445 g/mol. The number of carbonyl (C=O) groups is 2. The van der Waals surface area contributed by atoms with Gasteiger partial charge in [-0.1, -0.05) is 23.9 Å². The molecule has 0 fully saturated rings. The molecular weight excluding hydrogens is 425 g/mol. The average Bonchev–Trinajstić information content (AvgIpc) is 3.14. The highest BCUT2D eigenvalue weighted by molar-refractivity contribution is 8.00. The zero-order valence-electron chi connectivity index (χ0n) is 16.7. The maximum absolute atomic E-state index is 14.5. The van der Waals surface area contributed by atoms with E-state index in [1.54, 1.807) is 56.5 Å². The molecule has 3 rings (SSSR count). The topological polar surface area (TPSA) is 121 Å². The van der Waals surface area contributed by atoms with Gasteiger partial charge in [0.15, 0.2) is 11.0 Å². The number of imide groups is 1. The number of aromatic nitrogens is 3. The number of rotatable bonds is 8. The first kappa shape index (κ1) is 22.1. The Bertz CT molecular complexity index is 1070. The third kappa shape index (κ3) is 5.51. The van der Waals surface area contributed by atoms with Gasteiger partial charge in [-0.15, -0.1) is 10.2 Å². The van der Waals surface area contributed by atoms with Gasteiger partial charge >= 0.3 is 6.03 Å². The van der Waals surface area contributed by atoms with Crippen molar-refractivity contribution in [1.82, 2.24) is 20.1 Å². The fourth-order valence-electron chi connectivity index (χ4n) is 2.60. The minimum Gasteiger partial charge on any atom is -0.497 e. The average molecular weight is 445 g/mol. The second kappa shape index (κ2) is 9.94. The maximum atomic E-state index is 14.5. The van der Waals surface area contributed by atoms with Gasteiger partial charge in [0.2, 0.25) is 5.91 Å². The van der Waals surface area contributed by atoms with Crippen LogP contribution in [-0.4, -0.2) is 39.1 Å². The van der Waals surface area contributed by atoms with Crippen LogP contribution in [0.4, 0.5) is 9.18 Å². The number of ether oxygens (including phenoxy) is 2. The number of nitrogens with two attached hydrogens (primary N) is 1. The molecule has 0 bridgehead atoms. The predicted molar refractivity (Wildman–Crippen MR) is 112 cm³/mol. The summed E-state index contributed by atoms with van der Waals surface area (Å²) in [5, 5.41) is 9.72. The molecule has 9 nitrogen and oxygen atoms in total. The molecule has 3 N–H and O–H groups in total. The third-order valence-electron chi connectivity index (χ3n) is 4.12. The lowest BCUT2D eigenvalue weighted by Crippen LogP contribution is -2.39. The summed E-state index contributed by atoms with van der Waals surface area (Å²) in [5.74, 6) is 0.475. The third-order valence-corrected chi connectivity index (χ3v) is 5.16. The molecular formula is C20H20FN5O4S. The van der Waals surface area contributed by atoms with E-state index in [-0.39, 0.29) is 17.5 Å². The Hall–Kier alpha value is -3.60. The Labute approximate surface area is 181 Å². The highest BCUT2D eigenvalue weighted by atomic mass is 32.2. The molecule has 1 unspecified atom stereocenters. The molecule has 3 aromatic rings. The van der Waals surface area contributed by atoms with E-state index in [4.69, 9.17) is 15.2 Å². The quantitative estimate of drug-likeness (QED) is 0.511. The molecule has 1 aromatic heterocycles. The number of thioether (sulfide) groups is 1. The number of primary amides is 1. The van der Waals surface area contributed by atoms with Crippen LogP contribution in [0.5, 0.6) is 11.5 Å². The first-order valence-corrected chi connectivity index (χ1v) is 10.00. The standard InChI is InChI=1S/C20H20FN5O4S/c1-12(18(27)23-19(22)28)31-20-25-24-17(26(20)16-6-4-3-5-15(16)21)11-30-14-9-7-13(29-2)8-10-14/h3-10,12H,11H2,1-2H3,(H3,22,23,27,28). The number of hydrogen-bond donors (Lipinski definition) is 2. The summed E-state index contributed by atoms with van der Waals surface area (Å²) in [6.07, 6.45) is 0. The van der Waals surface area contributed by atoms with E-state index in [2.05, 4.69) is 10.2 Å². The van der Waals surface area contributed by atoms with Crippen molar-refractivity contribution in [2.75, 3.05) is 7.11 Å². The van der Waals surface area contributed by atoms with E-state index < -0.39 is 23.0 Å². The van der Waals surface area contributed by atoms with Crippen LogP contribution in [-0.2, 0) is 11.4 Å². The van der Waals surface area contributed by atoms with E-state index in [0.717, 1.165) is 11.8 Å². The van der Waals surface area contributed by atoms with Crippen LogP contribution in [0.3, 0.4) is 0 Å². The number of para-hydroxylation sites is 1. The summed E-state index contributed by atoms with van der Waals surface area (Å²) in [5.41, 5.74) is 5.20. The van der Waals surface area contributed by atoms with Crippen molar-refractivity contribution in [3.63, 3.8) is 0 Å². The molecule has 162 valence electrons. The lowest BCUT2D eigenvalue weighted by Gasteiger charge is -2.14. The summed E-state index contributed by atoms with van der Waals surface area (Å²) in [6.45, 7) is 1.56. The fraction of sp³-hybridized carbons (Fsp3) is 0.200. The van der Waals surface area contributed by atoms with Crippen molar-refractivity contribution < 1.29 is 23.5 Å². The molecule has 2 aromatic carbocycles. The Kier molecular flexibility index (Phi) is 7.08. The number of amides is 3. The zero-order chi connectivity index (χ0) is 22.4. The number of nitrogens with one attached hydrogen (secondary N) is 1. The van der Waals surface area contributed by atoms with Gasteiger partial charge in [0, 0.05) is 0 Å². The SMILES string of the molecule is COc1ccc(OCc2nnc(SC(C)C(=O)NC(N)=O)n2-c2ccccc2F)cc1. The normalized spacial score (nSPS) is 11.6. The molecule has 1 heterocycles. The van der Waals surface area contributed by atoms with Crippen LogP contribution in [0.2, 0.25) is 0 Å². The highest BCUT2D eigenvalue weighted by Crippen LogP contribution is 2.28. The Balaban J connectivity index is 1.87. The first-order valence-electron chi connectivity index (χ1n) is 9.12. The molecule has 0 spiro atoms. The Morgan fingerprint density at radius 1 is 1.16 bits per heavy atom. The van der Waals surface area contributed by atoms with E-state index in [9.17, 15) is 14.0 Å². The van der Waals surface area contributed by atoms with E-state index in [1.807, 2.05) is 5.32 Å². The van der Waals surface area contributed by atoms with E-state index >= 15 is 0 Å². The number of urea groups is 1. The Morgan fingerprint density at radius 3 is 2.48 bits per heavy atom. The molecule has 0 saturated heterocycles. The highest BCUT2D eigenvalue weighted by Gasteiger charge is 2.23. The summed E-state index contributed by atoms with van der Waals surface area (Å²) in [7, 11) is 1.57. The zero-order valence-corrected chi connectivity index (χ0v) is 17.6. The van der Waals surface area contributed by atoms with Crippen LogP contribution in [0, 0.1) is 5.82 Å². The number of nitrogens with zero attached hydrogens (tertiary/aromatic N) is 3. The van der Waals surface area contributed by atoms with Crippen molar-refractivity contribution in [2.45, 2.75) is 23.9 Å². The van der Waals surface area contributed by atoms with Crippen LogP contribution in [0.25, 0.3) is 5.69 Å². The van der Waals surface area contributed by atoms with Gasteiger partial charge in [-0.3, -0.25) is 14.7 Å². The second-order valence-corrected chi connectivity index (χ2v) is 7.57. The largest absolute Gasteiger partial charge is 0.497 e. The van der Waals surface area contributed by atoms with E-state index in [0.29, 0.717) is 17.3 Å². The molecule has 0 saturated carbocycles. The lowest BCUT2D eigenvalue weighted by molar-refractivity contribution is -0.119. The van der Waals surface area contributed by atoms with Crippen molar-refractivity contribution >= 4 is 23.7 Å². The minimum absolute atomic E-state index is 0.00388. The van der Waals surface area contributed by atoms with Gasteiger partial charge in [-0.2, -0.15) is 0 Å². The molecule has 0 radical (unpaired) electrons. The number of benzene rings is 2. The summed E-state index contributed by atoms with van der Waals surface area (Å²) in [4.78, 5) is 23.0. The predicted octanol–water partition coefficient (Wildman–Crippen LogP) is 2.67. The molecule has 31 heavy (non-hydrogen) atoms. The van der Waals surface area contributed by atoms with Crippen molar-refractivity contribution in [2.24, 2.45) is 5.73 Å². The number of methoxy groups -OCH3 is 1. The maximum Gasteiger partial charge on any atom is 0.318 e. The van der Waals surface area contributed by atoms with Crippen molar-refractivity contribution in [1.29, 1.82) is 0 Å². The number of carbonyl (C=O) groups excluding carboxylic acids is 2. The summed E-state index contributed by atoms with van der Waals surface area (Å²) >= 11 is 1.00. The molecule has 0 aliphatic carbocycles. The molecule has 1 atom stereocenters. The smallest absolute Gasteiger partial charge is 0.318 e. The minimum atomic E-state index is -0.957. The van der Waals surface area contributed by atoms with Crippen LogP contribution in [0.1, 0.15) is 12.7 Å². The summed E-state index contributed by atoms with van der Waals surface area (Å²) in [6, 6.07) is 12.1. The van der Waals surface area contributed by atoms with Crippen molar-refractivity contribution in [3.05, 3.63) is 60.2 Å². The van der Waals surface area contributed by atoms with Crippen LogP contribution < -0.4 is 20.5 Å². The molecule has 0 aliphatic rings. The second-order valence-electron chi connectivity index (χ2n) is 6.26. The van der Waals surface area contributed by atoms with Gasteiger partial charge in [0.25, 0.3) is 0 Å². The first-order chi connectivity index (χ1) is 14.9. The Morgan fingerprint density at radius 2 is 1.84 bits per heavy atom.